The second-order valence-electron chi connectivity index (χ2n) is 9.79. The fourth-order valence-electron chi connectivity index (χ4n) is 6.73. The van der Waals surface area contributed by atoms with E-state index in [1.165, 1.54) is 11.1 Å². The molecular weight excluding hydrogens is 354 g/mol. The van der Waals surface area contributed by atoms with Crippen molar-refractivity contribution in [3.8, 4) is 0 Å². The zero-order valence-corrected chi connectivity index (χ0v) is 16.5. The van der Waals surface area contributed by atoms with Crippen molar-refractivity contribution >= 4 is 11.9 Å². The number of carbonyl (C=O) groups excluding carboxylic acids is 2. The van der Waals surface area contributed by atoms with Crippen molar-refractivity contribution in [2.75, 3.05) is 6.54 Å². The van der Waals surface area contributed by atoms with E-state index in [9.17, 15) is 14.7 Å². The smallest absolute Gasteiger partial charge is 0.312 e. The van der Waals surface area contributed by atoms with Gasteiger partial charge in [0.2, 0.25) is 0 Å². The van der Waals surface area contributed by atoms with Crippen LogP contribution in [0.2, 0.25) is 0 Å². The lowest BCUT2D eigenvalue weighted by Crippen LogP contribution is -2.59. The molecule has 1 amide bonds. The van der Waals surface area contributed by atoms with Gasteiger partial charge in [0, 0.05) is 13.1 Å². The van der Waals surface area contributed by atoms with E-state index in [0.717, 1.165) is 38.5 Å². The van der Waals surface area contributed by atoms with Gasteiger partial charge in [0.1, 0.15) is 0 Å². The molecule has 4 bridgehead atoms. The maximum Gasteiger partial charge on any atom is 0.312 e. The normalized spacial score (nSPS) is 36.7. The quantitative estimate of drug-likeness (QED) is 0.815. The van der Waals surface area contributed by atoms with Gasteiger partial charge in [0.05, 0.1) is 11.0 Å². The summed E-state index contributed by atoms with van der Waals surface area (Å²) in [5.41, 5.74) is 1.18. The first kappa shape index (κ1) is 18.2. The molecule has 6 rings (SSSR count). The van der Waals surface area contributed by atoms with Gasteiger partial charge >= 0.3 is 5.97 Å². The topological polar surface area (TPSA) is 66.8 Å². The number of amides is 1. The number of benzene rings is 1. The largest absolute Gasteiger partial charge is 0.452 e. The van der Waals surface area contributed by atoms with Gasteiger partial charge in [0.25, 0.3) is 5.91 Å². The summed E-state index contributed by atoms with van der Waals surface area (Å²) in [4.78, 5) is 27.9. The molecule has 0 aromatic heterocycles. The first-order chi connectivity index (χ1) is 13.4. The van der Waals surface area contributed by atoms with Gasteiger partial charge < -0.3 is 14.7 Å². The van der Waals surface area contributed by atoms with E-state index in [2.05, 4.69) is 12.1 Å². The Labute approximate surface area is 166 Å². The third kappa shape index (κ3) is 2.95. The molecular formula is C23H29NO4. The Balaban J connectivity index is 1.26. The Morgan fingerprint density at radius 1 is 1.14 bits per heavy atom. The summed E-state index contributed by atoms with van der Waals surface area (Å²) in [5.74, 6) is 0.455. The summed E-state index contributed by atoms with van der Waals surface area (Å²) in [5, 5.41) is 10.9. The van der Waals surface area contributed by atoms with Crippen LogP contribution in [0.4, 0.5) is 0 Å². The number of fused-ring (bicyclic) bond motifs is 1. The molecule has 1 aliphatic heterocycles. The Kier molecular flexibility index (Phi) is 4.10. The van der Waals surface area contributed by atoms with Crippen molar-refractivity contribution in [2.24, 2.45) is 17.3 Å². The van der Waals surface area contributed by atoms with Crippen LogP contribution in [-0.4, -0.2) is 40.1 Å². The molecule has 28 heavy (non-hydrogen) atoms. The van der Waals surface area contributed by atoms with Crippen LogP contribution >= 0.6 is 0 Å². The standard InChI is InChI=1S/C23H29NO4/c1-15(20(25)24-7-6-18-4-2-3-5-19(18)13-24)28-21(26)22-9-16-8-17(10-22)12-23(27,11-16)14-22/h2-5,15-17,27H,6-14H2,1H3/t15-,16-,17+,22?,23?/m0/s1. The van der Waals surface area contributed by atoms with E-state index < -0.39 is 17.1 Å². The molecule has 0 radical (unpaired) electrons. The molecule has 4 saturated carbocycles. The second-order valence-corrected chi connectivity index (χ2v) is 9.79. The summed E-state index contributed by atoms with van der Waals surface area (Å²) in [6.07, 6.45) is 4.94. The van der Waals surface area contributed by atoms with Crippen LogP contribution in [0.15, 0.2) is 24.3 Å². The van der Waals surface area contributed by atoms with Crippen molar-refractivity contribution in [1.82, 2.24) is 4.90 Å². The maximum atomic E-state index is 13.1. The van der Waals surface area contributed by atoms with Crippen molar-refractivity contribution in [2.45, 2.75) is 70.1 Å². The lowest BCUT2D eigenvalue weighted by atomic mass is 9.48. The molecule has 1 N–H and O–H groups in total. The lowest BCUT2D eigenvalue weighted by molar-refractivity contribution is -0.200. The number of aliphatic hydroxyl groups is 1. The maximum absolute atomic E-state index is 13.1. The molecule has 4 fully saturated rings. The van der Waals surface area contributed by atoms with Crippen LogP contribution < -0.4 is 0 Å². The minimum absolute atomic E-state index is 0.119. The molecule has 1 heterocycles. The van der Waals surface area contributed by atoms with Crippen molar-refractivity contribution < 1.29 is 19.4 Å². The number of hydrogen-bond acceptors (Lipinski definition) is 4. The highest BCUT2D eigenvalue weighted by atomic mass is 16.5. The van der Waals surface area contributed by atoms with Crippen LogP contribution in [0.1, 0.15) is 56.6 Å². The number of esters is 1. The van der Waals surface area contributed by atoms with Gasteiger partial charge in [-0.3, -0.25) is 9.59 Å². The highest BCUT2D eigenvalue weighted by molar-refractivity contribution is 5.85. The van der Waals surface area contributed by atoms with Crippen LogP contribution in [-0.2, 0) is 27.3 Å². The van der Waals surface area contributed by atoms with E-state index in [-0.39, 0.29) is 11.9 Å². The summed E-state index contributed by atoms with van der Waals surface area (Å²) in [6.45, 7) is 2.93. The third-order valence-electron chi connectivity index (χ3n) is 7.54. The molecule has 1 aromatic rings. The summed E-state index contributed by atoms with van der Waals surface area (Å²) in [7, 11) is 0. The molecule has 5 heteroatoms. The average Bonchev–Trinajstić information content (AvgIpc) is 2.65. The Hall–Kier alpha value is -1.88. The first-order valence-corrected chi connectivity index (χ1v) is 10.6. The number of carbonyl (C=O) groups is 2. The van der Waals surface area contributed by atoms with Gasteiger partial charge in [-0.15, -0.1) is 0 Å². The predicted octanol–water partition coefficient (Wildman–Crippen LogP) is 2.83. The number of hydrogen-bond donors (Lipinski definition) is 1. The molecule has 2 unspecified atom stereocenters. The third-order valence-corrected chi connectivity index (χ3v) is 7.54. The van der Waals surface area contributed by atoms with E-state index >= 15 is 0 Å². The van der Waals surface area contributed by atoms with Gasteiger partial charge in [0.15, 0.2) is 6.10 Å². The summed E-state index contributed by atoms with van der Waals surface area (Å²) in [6, 6.07) is 8.19. The van der Waals surface area contributed by atoms with Crippen molar-refractivity contribution in [3.63, 3.8) is 0 Å². The Bertz CT molecular complexity index is 805. The molecule has 150 valence electrons. The summed E-state index contributed by atoms with van der Waals surface area (Å²) < 4.78 is 5.74. The number of ether oxygens (including phenoxy) is 1. The van der Waals surface area contributed by atoms with E-state index in [1.54, 1.807) is 11.8 Å². The first-order valence-electron chi connectivity index (χ1n) is 10.6. The Morgan fingerprint density at radius 2 is 1.82 bits per heavy atom. The SMILES string of the molecule is C[C@H](OC(=O)C12C[C@@H]3C[C@@H](CC(O)(C3)C1)C2)C(=O)N1CCc2ccccc2C1. The monoisotopic (exact) mass is 383 g/mol. The lowest BCUT2D eigenvalue weighted by Gasteiger charge is -2.58. The fraction of sp³-hybridized carbons (Fsp3) is 0.652. The van der Waals surface area contributed by atoms with Gasteiger partial charge in [-0.1, -0.05) is 24.3 Å². The number of nitrogens with zero attached hydrogens (tertiary/aromatic N) is 1. The van der Waals surface area contributed by atoms with Crippen LogP contribution in [0, 0.1) is 17.3 Å². The van der Waals surface area contributed by atoms with Crippen LogP contribution in [0.3, 0.4) is 0 Å². The average molecular weight is 383 g/mol. The second kappa shape index (κ2) is 6.31. The van der Waals surface area contributed by atoms with Crippen LogP contribution in [0.25, 0.3) is 0 Å². The van der Waals surface area contributed by atoms with Gasteiger partial charge in [-0.2, -0.15) is 0 Å². The molecule has 5 nitrogen and oxygen atoms in total. The zero-order valence-electron chi connectivity index (χ0n) is 16.5. The molecule has 1 aromatic carbocycles. The van der Waals surface area contributed by atoms with Gasteiger partial charge in [-0.25, -0.2) is 0 Å². The number of rotatable bonds is 3. The fourth-order valence-corrected chi connectivity index (χ4v) is 6.73. The molecule has 5 atom stereocenters. The molecule has 0 saturated heterocycles. The van der Waals surface area contributed by atoms with Gasteiger partial charge in [-0.05, 0) is 74.8 Å². The summed E-state index contributed by atoms with van der Waals surface area (Å²) >= 11 is 0. The molecule has 0 spiro atoms. The predicted molar refractivity (Wildman–Crippen MR) is 103 cm³/mol. The van der Waals surface area contributed by atoms with Crippen molar-refractivity contribution in [3.05, 3.63) is 35.4 Å². The molecule has 4 aliphatic carbocycles. The Morgan fingerprint density at radius 3 is 2.50 bits per heavy atom. The zero-order chi connectivity index (χ0) is 19.5. The minimum atomic E-state index is -0.777. The van der Waals surface area contributed by atoms with Crippen molar-refractivity contribution in [1.29, 1.82) is 0 Å². The van der Waals surface area contributed by atoms with E-state index in [0.29, 0.717) is 31.3 Å². The van der Waals surface area contributed by atoms with Crippen LogP contribution in [0.5, 0.6) is 0 Å². The van der Waals surface area contributed by atoms with E-state index in [4.69, 9.17) is 4.74 Å². The molecule has 5 aliphatic rings. The highest BCUT2D eigenvalue weighted by Gasteiger charge is 2.61. The van der Waals surface area contributed by atoms with E-state index in [1.807, 2.05) is 12.1 Å². The highest BCUT2D eigenvalue weighted by Crippen LogP contribution is 2.62. The minimum Gasteiger partial charge on any atom is -0.452 e.